The van der Waals surface area contributed by atoms with Gasteiger partial charge >= 0.3 is 11.8 Å². The molecule has 16 nitrogen and oxygen atoms in total. The number of aromatic hydroxyl groups is 3. The molecule has 6 rings (SSSR count). The number of phenols is 3. The zero-order chi connectivity index (χ0) is 42.8. The number of anilines is 1. The Balaban J connectivity index is 1.71. The van der Waals surface area contributed by atoms with Crippen molar-refractivity contribution in [1.29, 1.82) is 0 Å². The molecule has 0 spiro atoms. The standard InChI is InChI=1S/C42H55N3O13/c1-20-11-10-12-21(2)41(53)44-32-27(19-43-45-14-17-55-18-15-45)36(50)29-30(37(32)51)35(49)25(6)39-31(29)40(52)42(8,58-39)56-16-13-28(54-9)22(3)38(57-26(7)46)24(5)34(48)23(4)33(20)47/h10-13,16,19-20,22-24,28,33-34,38,47-51H,14-15,17-18H2,1-9H3,(H,44,53)/b11-10-,16-13-,21-12-,43-19+. The van der Waals surface area contributed by atoms with Crippen LogP contribution in [0.15, 0.2) is 41.2 Å². The number of methoxy groups -OCH3 is 1. The molecule has 2 aromatic carbocycles. The van der Waals surface area contributed by atoms with E-state index in [4.69, 9.17) is 23.7 Å². The van der Waals surface area contributed by atoms with Crippen molar-refractivity contribution in [3.05, 3.63) is 52.8 Å². The number of hydrazone groups is 1. The van der Waals surface area contributed by atoms with Gasteiger partial charge in [-0.2, -0.15) is 5.10 Å². The number of rotatable bonds is 4. The third-order valence-corrected chi connectivity index (χ3v) is 11.4. The molecule has 0 aromatic heterocycles. The molecular formula is C42H55N3O13. The van der Waals surface area contributed by atoms with Gasteiger partial charge in [-0.1, -0.05) is 45.9 Å². The number of carbonyl (C=O) groups is 3. The van der Waals surface area contributed by atoms with E-state index in [2.05, 4.69) is 10.4 Å². The van der Waals surface area contributed by atoms with E-state index in [0.717, 1.165) is 0 Å². The molecule has 58 heavy (non-hydrogen) atoms. The lowest BCUT2D eigenvalue weighted by atomic mass is 9.78. The number of nitrogens with one attached hydrogen (secondary N) is 1. The first-order valence-corrected chi connectivity index (χ1v) is 19.3. The first-order valence-electron chi connectivity index (χ1n) is 19.3. The topological polar surface area (TPSA) is 226 Å². The second-order valence-electron chi connectivity index (χ2n) is 15.4. The molecule has 0 saturated carbocycles. The molecule has 0 aliphatic carbocycles. The van der Waals surface area contributed by atoms with Crippen molar-refractivity contribution in [2.75, 3.05) is 38.7 Å². The maximum Gasteiger partial charge on any atom is 0.312 e. The summed E-state index contributed by atoms with van der Waals surface area (Å²) in [6, 6.07) is 0. The summed E-state index contributed by atoms with van der Waals surface area (Å²) in [5.74, 6) is -8.44. The smallest absolute Gasteiger partial charge is 0.312 e. The van der Waals surface area contributed by atoms with E-state index >= 15 is 0 Å². The number of ketones is 1. The number of esters is 1. The van der Waals surface area contributed by atoms with Gasteiger partial charge in [-0.05, 0) is 19.9 Å². The number of nitrogens with zero attached hydrogens (tertiary/aromatic N) is 2. The van der Waals surface area contributed by atoms with Gasteiger partial charge in [0, 0.05) is 61.2 Å². The van der Waals surface area contributed by atoms with Crippen LogP contribution in [0.4, 0.5) is 5.69 Å². The van der Waals surface area contributed by atoms with E-state index in [9.17, 15) is 39.9 Å². The van der Waals surface area contributed by atoms with Gasteiger partial charge in [0.1, 0.15) is 23.4 Å². The molecule has 316 valence electrons. The third-order valence-electron chi connectivity index (χ3n) is 11.4. The van der Waals surface area contributed by atoms with Crippen LogP contribution >= 0.6 is 0 Å². The number of aliphatic hydroxyl groups excluding tert-OH is 2. The number of allylic oxidation sites excluding steroid dienone is 2. The number of benzene rings is 2. The Kier molecular flexibility index (Phi) is 13.5. The van der Waals surface area contributed by atoms with Gasteiger partial charge in [0.05, 0.1) is 79.3 Å². The monoisotopic (exact) mass is 809 g/mol. The van der Waals surface area contributed by atoms with Gasteiger partial charge in [-0.15, -0.1) is 0 Å². The molecular weight excluding hydrogens is 754 g/mol. The fraction of sp³-hybridized carbons (Fsp3) is 0.524. The first-order chi connectivity index (χ1) is 27.3. The SMILES string of the molecule is COC1/C=C\OC2(C)Oc3c(C)c(O)c4c(O)c(c(/C=N/N5CCOCC5)c(O)c4c3C2=O)NC(=O)/C(C)=C\C=C/C(C)C(O)C(C)C(O)C(C)C(OC(C)=O)C1C. The first kappa shape index (κ1) is 44.0. The predicted octanol–water partition coefficient (Wildman–Crippen LogP) is 4.42. The molecule has 2 aromatic rings. The lowest BCUT2D eigenvalue weighted by Gasteiger charge is -2.38. The van der Waals surface area contributed by atoms with Crippen molar-refractivity contribution in [3.63, 3.8) is 0 Å². The summed E-state index contributed by atoms with van der Waals surface area (Å²) in [7, 11) is 1.43. The summed E-state index contributed by atoms with van der Waals surface area (Å²) in [5, 5.41) is 66.4. The Labute approximate surface area is 337 Å². The minimum Gasteiger partial charge on any atom is -0.507 e. The second kappa shape index (κ2) is 17.8. The van der Waals surface area contributed by atoms with Crippen molar-refractivity contribution in [2.45, 2.75) is 85.6 Å². The molecule has 4 heterocycles. The third kappa shape index (κ3) is 8.51. The van der Waals surface area contributed by atoms with Gasteiger partial charge in [0.15, 0.2) is 5.75 Å². The molecule has 1 fully saturated rings. The number of aliphatic hydroxyl groups is 2. The fourth-order valence-electron chi connectivity index (χ4n) is 7.68. The van der Waals surface area contributed by atoms with Gasteiger partial charge in [-0.3, -0.25) is 19.4 Å². The van der Waals surface area contributed by atoms with Gasteiger partial charge in [-0.25, -0.2) is 0 Å². The minimum absolute atomic E-state index is 0.0475. The van der Waals surface area contributed by atoms with Crippen molar-refractivity contribution in [3.8, 4) is 23.0 Å². The van der Waals surface area contributed by atoms with Crippen molar-refractivity contribution >= 4 is 40.3 Å². The van der Waals surface area contributed by atoms with E-state index in [-0.39, 0.29) is 44.5 Å². The van der Waals surface area contributed by atoms with E-state index in [1.807, 2.05) is 0 Å². The van der Waals surface area contributed by atoms with Crippen LogP contribution in [0.25, 0.3) is 10.8 Å². The number of Topliss-reactive ketones (excluding diaryl/α,β-unsaturated/α-hetero) is 1. The predicted molar refractivity (Wildman–Crippen MR) is 214 cm³/mol. The number of ether oxygens (including phenoxy) is 5. The van der Waals surface area contributed by atoms with Crippen LogP contribution in [0, 0.1) is 30.6 Å². The fourth-order valence-corrected chi connectivity index (χ4v) is 7.68. The quantitative estimate of drug-likeness (QED) is 0.109. The summed E-state index contributed by atoms with van der Waals surface area (Å²) < 4.78 is 29.0. The van der Waals surface area contributed by atoms with Crippen molar-refractivity contribution in [2.24, 2.45) is 28.8 Å². The maximum absolute atomic E-state index is 14.4. The van der Waals surface area contributed by atoms with E-state index < -0.39 is 88.8 Å². The highest BCUT2D eigenvalue weighted by atomic mass is 16.7. The second-order valence-corrected chi connectivity index (χ2v) is 15.4. The number of phenolic OH excluding ortho intramolecular Hbond substituents is 3. The molecule has 1 amide bonds. The number of amides is 1. The molecule has 5 bridgehead atoms. The van der Waals surface area contributed by atoms with Crippen LogP contribution in [0.1, 0.15) is 70.0 Å². The highest BCUT2D eigenvalue weighted by Crippen LogP contribution is 2.55. The summed E-state index contributed by atoms with van der Waals surface area (Å²) in [4.78, 5) is 40.4. The lowest BCUT2D eigenvalue weighted by molar-refractivity contribution is -0.160. The van der Waals surface area contributed by atoms with Gasteiger partial charge in [0.2, 0.25) is 0 Å². The zero-order valence-corrected chi connectivity index (χ0v) is 34.3. The van der Waals surface area contributed by atoms with Crippen LogP contribution in [0.2, 0.25) is 0 Å². The molecule has 4 aliphatic rings. The average Bonchev–Trinajstić information content (AvgIpc) is 3.46. The molecule has 6 N–H and O–H groups in total. The summed E-state index contributed by atoms with van der Waals surface area (Å²) in [5.41, 5.74) is -0.426. The lowest BCUT2D eigenvalue weighted by Crippen LogP contribution is -2.46. The van der Waals surface area contributed by atoms with Crippen molar-refractivity contribution < 1.29 is 63.6 Å². The van der Waals surface area contributed by atoms with Gasteiger partial charge in [0.25, 0.3) is 11.7 Å². The summed E-state index contributed by atoms with van der Waals surface area (Å²) in [6.07, 6.45) is 4.76. The Hall–Kier alpha value is -5.16. The molecule has 4 aliphatic heterocycles. The highest BCUT2D eigenvalue weighted by molar-refractivity contribution is 6.23. The molecule has 16 heteroatoms. The Morgan fingerprint density at radius 2 is 1.64 bits per heavy atom. The van der Waals surface area contributed by atoms with Crippen LogP contribution < -0.4 is 10.1 Å². The number of hydrogen-bond acceptors (Lipinski definition) is 15. The number of hydrogen-bond donors (Lipinski definition) is 6. The Bertz CT molecular complexity index is 2040. The molecule has 1 saturated heterocycles. The summed E-state index contributed by atoms with van der Waals surface area (Å²) >= 11 is 0. The van der Waals surface area contributed by atoms with E-state index in [0.29, 0.717) is 26.3 Å². The number of morpholine rings is 1. The molecule has 9 unspecified atom stereocenters. The number of carbonyl (C=O) groups excluding carboxylic acids is 3. The van der Waals surface area contributed by atoms with Crippen LogP contribution in [-0.4, -0.2) is 118 Å². The largest absolute Gasteiger partial charge is 0.507 e. The Morgan fingerprint density at radius 1 is 0.966 bits per heavy atom. The van der Waals surface area contributed by atoms with E-state index in [1.165, 1.54) is 59.4 Å². The highest BCUT2D eigenvalue weighted by Gasteiger charge is 2.50. The number of fused-ring (bicyclic) bond motifs is 14. The van der Waals surface area contributed by atoms with Crippen LogP contribution in [-0.2, 0) is 28.5 Å². The normalized spacial score (nSPS) is 32.1. The average molecular weight is 810 g/mol. The van der Waals surface area contributed by atoms with Crippen LogP contribution in [0.5, 0.6) is 23.0 Å². The molecule has 0 radical (unpaired) electrons. The van der Waals surface area contributed by atoms with E-state index in [1.54, 1.807) is 44.9 Å². The minimum atomic E-state index is -2.05. The maximum atomic E-state index is 14.4. The molecule has 9 atom stereocenters. The Morgan fingerprint density at radius 3 is 2.28 bits per heavy atom. The van der Waals surface area contributed by atoms with Gasteiger partial charge < -0.3 is 54.5 Å². The summed E-state index contributed by atoms with van der Waals surface area (Å²) in [6.45, 7) is 14.1. The van der Waals surface area contributed by atoms with Crippen molar-refractivity contribution in [1.82, 2.24) is 5.01 Å². The zero-order valence-electron chi connectivity index (χ0n) is 34.3. The van der Waals surface area contributed by atoms with Crippen LogP contribution in [0.3, 0.4) is 0 Å².